The number of benzene rings is 1. The number of alkyl halides is 3. The number of fused-ring (bicyclic) bond motifs is 5. The van der Waals surface area contributed by atoms with E-state index in [0.717, 1.165) is 49.7 Å². The predicted molar refractivity (Wildman–Crippen MR) is 101 cm³/mol. The molecule has 3 aliphatic carbocycles. The zero-order chi connectivity index (χ0) is 20.5. The first-order chi connectivity index (χ1) is 12.9. The lowest BCUT2D eigenvalue weighted by Crippen LogP contribution is -2.40. The molecule has 0 bridgehead atoms. The second-order valence-corrected chi connectivity index (χ2v) is 10.4. The van der Waals surface area contributed by atoms with Crippen molar-refractivity contribution in [2.24, 2.45) is 17.3 Å². The van der Waals surface area contributed by atoms with Crippen LogP contribution in [0.2, 0.25) is 0 Å². The molecule has 3 nitrogen and oxygen atoms in total. The molecule has 0 amide bonds. The highest BCUT2D eigenvalue weighted by atomic mass is 32.2. The number of aryl methyl sites for hydroxylation is 2. The van der Waals surface area contributed by atoms with Crippen molar-refractivity contribution in [2.45, 2.75) is 63.8 Å². The first kappa shape index (κ1) is 19.8. The first-order valence-electron chi connectivity index (χ1n) is 9.76. The van der Waals surface area contributed by atoms with E-state index >= 15 is 0 Å². The predicted octanol–water partition coefficient (Wildman–Crippen LogP) is 5.64. The van der Waals surface area contributed by atoms with Crippen molar-refractivity contribution in [1.29, 1.82) is 0 Å². The zero-order valence-electron chi connectivity index (χ0n) is 16.1. The van der Waals surface area contributed by atoms with E-state index in [0.29, 0.717) is 23.3 Å². The van der Waals surface area contributed by atoms with Crippen LogP contribution in [0.25, 0.3) is 0 Å². The lowest BCUT2D eigenvalue weighted by Gasteiger charge is -2.49. The molecule has 0 radical (unpaired) electrons. The van der Waals surface area contributed by atoms with Crippen molar-refractivity contribution in [3.8, 4) is 5.75 Å². The normalized spacial score (nSPS) is 32.5. The number of rotatable bonds is 2. The maximum absolute atomic E-state index is 12.7. The zero-order valence-corrected chi connectivity index (χ0v) is 16.9. The Morgan fingerprint density at radius 3 is 2.57 bits per heavy atom. The molecule has 2 saturated carbocycles. The Morgan fingerprint density at radius 2 is 1.89 bits per heavy atom. The molecule has 154 valence electrons. The minimum atomic E-state index is -5.66. The quantitative estimate of drug-likeness (QED) is 0.358. The van der Waals surface area contributed by atoms with E-state index in [1.807, 2.05) is 6.07 Å². The summed E-state index contributed by atoms with van der Waals surface area (Å²) in [6, 6.07) is 3.35. The Bertz CT molecular complexity index is 935. The third-order valence-corrected chi connectivity index (χ3v) is 8.42. The smallest absolute Gasteiger partial charge is 0.376 e. The van der Waals surface area contributed by atoms with Gasteiger partial charge in [0, 0.05) is 0 Å². The second kappa shape index (κ2) is 6.25. The van der Waals surface area contributed by atoms with Gasteiger partial charge in [-0.2, -0.15) is 21.6 Å². The number of allylic oxidation sites excluding steroid dienone is 1. The number of halogens is 3. The fourth-order valence-electron chi connectivity index (χ4n) is 5.87. The first-order valence-corrected chi connectivity index (χ1v) is 11.2. The summed E-state index contributed by atoms with van der Waals surface area (Å²) in [4.78, 5) is 0. The monoisotopic (exact) mass is 414 g/mol. The van der Waals surface area contributed by atoms with Gasteiger partial charge in [-0.3, -0.25) is 0 Å². The highest BCUT2D eigenvalue weighted by molar-refractivity contribution is 7.88. The van der Waals surface area contributed by atoms with Gasteiger partial charge in [-0.1, -0.05) is 25.1 Å². The van der Waals surface area contributed by atoms with Crippen molar-refractivity contribution >= 4 is 10.1 Å². The van der Waals surface area contributed by atoms with Crippen LogP contribution in [0.15, 0.2) is 24.3 Å². The third-order valence-electron chi connectivity index (χ3n) is 7.46. The van der Waals surface area contributed by atoms with Crippen LogP contribution in [-0.4, -0.2) is 13.9 Å². The Hall–Kier alpha value is -1.50. The lowest BCUT2D eigenvalue weighted by atomic mass is 9.55. The maximum Gasteiger partial charge on any atom is 0.534 e. The summed E-state index contributed by atoms with van der Waals surface area (Å²) >= 11 is 0. The molecule has 0 aliphatic heterocycles. The van der Waals surface area contributed by atoms with Crippen LogP contribution in [0, 0.1) is 24.2 Å². The highest BCUT2D eigenvalue weighted by Gasteiger charge is 2.52. The van der Waals surface area contributed by atoms with E-state index in [1.165, 1.54) is 11.6 Å². The summed E-state index contributed by atoms with van der Waals surface area (Å²) in [6.45, 7) is 8.25. The summed E-state index contributed by atoms with van der Waals surface area (Å²) in [5, 5.41) is 0. The van der Waals surface area contributed by atoms with E-state index in [1.54, 1.807) is 6.92 Å². The summed E-state index contributed by atoms with van der Waals surface area (Å²) in [5.41, 5.74) is -1.36. The summed E-state index contributed by atoms with van der Waals surface area (Å²) in [7, 11) is -5.66. The largest absolute Gasteiger partial charge is 0.534 e. The van der Waals surface area contributed by atoms with Gasteiger partial charge in [-0.05, 0) is 91.4 Å². The fraction of sp³-hybridized carbons (Fsp3) is 0.619. The molecule has 3 aliphatic rings. The van der Waals surface area contributed by atoms with E-state index in [-0.39, 0.29) is 11.2 Å². The fourth-order valence-corrected chi connectivity index (χ4v) is 6.39. The average Bonchev–Trinajstić information content (AvgIpc) is 2.89. The van der Waals surface area contributed by atoms with Crippen molar-refractivity contribution in [3.63, 3.8) is 0 Å². The summed E-state index contributed by atoms with van der Waals surface area (Å²) in [5.74, 6) is 1.31. The van der Waals surface area contributed by atoms with Crippen LogP contribution in [0.5, 0.6) is 5.75 Å². The number of hydrogen-bond donors (Lipinski definition) is 0. The van der Waals surface area contributed by atoms with Gasteiger partial charge < -0.3 is 4.18 Å². The Kier molecular flexibility index (Phi) is 4.42. The van der Waals surface area contributed by atoms with E-state index in [9.17, 15) is 21.6 Å². The molecule has 28 heavy (non-hydrogen) atoms. The molecule has 0 spiro atoms. The molecule has 4 atom stereocenters. The molecule has 0 saturated heterocycles. The minimum Gasteiger partial charge on any atom is -0.376 e. The van der Waals surface area contributed by atoms with Gasteiger partial charge in [-0.25, -0.2) is 0 Å². The van der Waals surface area contributed by atoms with E-state index in [4.69, 9.17) is 0 Å². The van der Waals surface area contributed by atoms with Gasteiger partial charge in [0.2, 0.25) is 0 Å². The van der Waals surface area contributed by atoms with Crippen molar-refractivity contribution < 1.29 is 25.8 Å². The van der Waals surface area contributed by atoms with Crippen LogP contribution < -0.4 is 4.18 Å². The van der Waals surface area contributed by atoms with Crippen molar-refractivity contribution in [3.05, 3.63) is 41.0 Å². The SMILES string of the molecule is C=C1CCC2C3CCc4cc(OS(=O)(=O)C(F)(F)F)c(C)cc4C3CC[C@]12C. The van der Waals surface area contributed by atoms with Crippen molar-refractivity contribution in [1.82, 2.24) is 0 Å². The van der Waals surface area contributed by atoms with Crippen molar-refractivity contribution in [2.75, 3.05) is 0 Å². The summed E-state index contributed by atoms with van der Waals surface area (Å²) in [6.07, 6.45) is 6.06. The van der Waals surface area contributed by atoms with E-state index in [2.05, 4.69) is 17.7 Å². The molecule has 0 heterocycles. The van der Waals surface area contributed by atoms with Gasteiger partial charge in [-0.15, -0.1) is 0 Å². The van der Waals surface area contributed by atoms with Crippen LogP contribution in [0.1, 0.15) is 61.6 Å². The third kappa shape index (κ3) is 2.88. The molecule has 7 heteroatoms. The van der Waals surface area contributed by atoms with Crippen LogP contribution in [0.3, 0.4) is 0 Å². The molecular formula is C21H25F3O3S. The van der Waals surface area contributed by atoms with Crippen LogP contribution >= 0.6 is 0 Å². The molecule has 1 aromatic carbocycles. The van der Waals surface area contributed by atoms with Gasteiger partial charge in [0.15, 0.2) is 0 Å². The number of hydrogen-bond acceptors (Lipinski definition) is 3. The maximum atomic E-state index is 12.7. The highest BCUT2D eigenvalue weighted by Crippen LogP contribution is 2.62. The Morgan fingerprint density at radius 1 is 1.18 bits per heavy atom. The molecule has 2 fully saturated rings. The van der Waals surface area contributed by atoms with E-state index < -0.39 is 15.6 Å². The standard InChI is InChI=1S/C21H25F3O3S/c1-12-10-17-14(11-19(12)27-28(25,26)21(22,23)24)5-6-16-15(17)8-9-20(3)13(2)4-7-18(16)20/h10-11,15-16,18H,2,4-9H2,1,3H3/t15?,16?,18?,20-/m1/s1. The Labute approximate surface area is 164 Å². The lowest BCUT2D eigenvalue weighted by molar-refractivity contribution is -0.0500. The topological polar surface area (TPSA) is 43.4 Å². The van der Waals surface area contributed by atoms with Gasteiger partial charge >= 0.3 is 15.6 Å². The van der Waals surface area contributed by atoms with Gasteiger partial charge in [0.05, 0.1) is 0 Å². The average molecular weight is 414 g/mol. The molecule has 1 aromatic rings. The van der Waals surface area contributed by atoms with Gasteiger partial charge in [0.1, 0.15) is 5.75 Å². The summed E-state index contributed by atoms with van der Waals surface area (Å²) < 4.78 is 65.3. The molecule has 0 N–H and O–H groups in total. The van der Waals surface area contributed by atoms with Gasteiger partial charge in [0.25, 0.3) is 0 Å². The molecular weight excluding hydrogens is 389 g/mol. The Balaban J connectivity index is 1.66. The second-order valence-electron chi connectivity index (χ2n) is 8.81. The molecule has 4 rings (SSSR count). The van der Waals surface area contributed by atoms with Crippen LogP contribution in [0.4, 0.5) is 13.2 Å². The molecule has 0 aromatic heterocycles. The minimum absolute atomic E-state index is 0.206. The van der Waals surface area contributed by atoms with Crippen LogP contribution in [-0.2, 0) is 16.5 Å². The molecule has 3 unspecified atom stereocenters.